The van der Waals surface area contributed by atoms with Crippen molar-refractivity contribution in [3.8, 4) is 11.5 Å². The molecule has 0 N–H and O–H groups in total. The zero-order valence-corrected chi connectivity index (χ0v) is 49.4. The first-order chi connectivity index (χ1) is 40.8. The first kappa shape index (κ1) is 56.4. The van der Waals surface area contributed by atoms with E-state index in [2.05, 4.69) is 0 Å². The number of ether oxygens (including phenoxy) is 6. The number of benzene rings is 4. The number of esters is 4. The SMILES string of the molecule is CCN1C(=O)/C(=N/c2cc3c(s2)C2=CC4C=C5C(=CC4C=C2C(C(=O)OCc2ccccc2)(C(=O)OCc2ccccc2)O3)c2sc(/N=C3\SC(=S)N(CC)C3=O)cc2OC5(C(=O)OCc2ccccc2)C(=O)OCc2ccccc2)SC1=S. The number of thiophene rings is 2. The van der Waals surface area contributed by atoms with Crippen LogP contribution >= 0.6 is 70.6 Å². The Morgan fingerprint density at radius 2 is 0.810 bits per heavy atom. The smallest absolute Gasteiger partial charge is 0.367 e. The molecule has 0 radical (unpaired) electrons. The second kappa shape index (κ2) is 23.5. The van der Waals surface area contributed by atoms with Gasteiger partial charge in [0.05, 0.1) is 9.75 Å². The number of amides is 2. The normalized spacial score (nSPS) is 19.7. The molecule has 0 bridgehead atoms. The minimum Gasteiger partial charge on any atom is -0.458 e. The van der Waals surface area contributed by atoms with E-state index in [1.165, 1.54) is 9.80 Å². The Kier molecular flexibility index (Phi) is 15.8. The number of hydrogen-bond donors (Lipinski definition) is 0. The zero-order chi connectivity index (χ0) is 58.3. The number of carbonyl (C=O) groups excluding carboxylic acids is 6. The van der Waals surface area contributed by atoms with Crippen molar-refractivity contribution in [3.63, 3.8) is 0 Å². The molecule has 16 nitrogen and oxygen atoms in total. The molecule has 2 unspecified atom stereocenters. The molecule has 2 aliphatic carbocycles. The lowest BCUT2D eigenvalue weighted by atomic mass is 9.68. The molecule has 2 saturated heterocycles. The van der Waals surface area contributed by atoms with Crippen LogP contribution in [0.5, 0.6) is 11.5 Å². The molecule has 422 valence electrons. The molecule has 0 spiro atoms. The average molecular weight is 1230 g/mol. The fourth-order valence-electron chi connectivity index (χ4n) is 10.2. The van der Waals surface area contributed by atoms with Gasteiger partial charge in [-0.3, -0.25) is 19.4 Å². The Hall–Kier alpha value is -8.12. The quantitative estimate of drug-likeness (QED) is 0.0385. The maximum Gasteiger partial charge on any atom is 0.367 e. The predicted octanol–water partition coefficient (Wildman–Crippen LogP) is 11.4. The van der Waals surface area contributed by atoms with Gasteiger partial charge in [0.2, 0.25) is 0 Å². The monoisotopic (exact) mass is 1230 g/mol. The van der Waals surface area contributed by atoms with Crippen molar-refractivity contribution in [2.45, 2.75) is 51.5 Å². The number of allylic oxidation sites excluding steroid dienone is 4. The van der Waals surface area contributed by atoms with Gasteiger partial charge >= 0.3 is 35.1 Å². The van der Waals surface area contributed by atoms with Gasteiger partial charge in [0.15, 0.2) is 10.1 Å². The molecule has 4 aromatic carbocycles. The average Bonchev–Trinajstić information content (AvgIpc) is 1.26. The highest BCUT2D eigenvalue weighted by molar-refractivity contribution is 8.35. The number of thioether (sulfide) groups is 2. The van der Waals surface area contributed by atoms with Crippen LogP contribution in [0.15, 0.2) is 179 Å². The second-order valence-electron chi connectivity index (χ2n) is 19.5. The van der Waals surface area contributed by atoms with Gasteiger partial charge in [-0.15, -0.1) is 22.7 Å². The van der Waals surface area contributed by atoms with Crippen LogP contribution in [0.4, 0.5) is 10.0 Å². The summed E-state index contributed by atoms with van der Waals surface area (Å²) in [6.07, 6.45) is 7.11. The third-order valence-electron chi connectivity index (χ3n) is 14.3. The fraction of sp³-hybridized carbons (Fsp3) is 0.194. The molecule has 6 aliphatic rings. The largest absolute Gasteiger partial charge is 0.458 e. The van der Waals surface area contributed by atoms with E-state index in [1.807, 2.05) is 36.4 Å². The summed E-state index contributed by atoms with van der Waals surface area (Å²) in [5.74, 6) is -6.46. The molecule has 12 rings (SSSR count). The molecular formula is C62H46N4O12S6. The number of hydrogen-bond acceptors (Lipinski definition) is 20. The van der Waals surface area contributed by atoms with E-state index in [4.69, 9.17) is 62.8 Å². The van der Waals surface area contributed by atoms with E-state index in [1.54, 1.807) is 135 Å². The van der Waals surface area contributed by atoms with E-state index in [0.717, 1.165) is 46.2 Å². The van der Waals surface area contributed by atoms with Crippen LogP contribution < -0.4 is 9.47 Å². The van der Waals surface area contributed by atoms with Gasteiger partial charge < -0.3 is 28.4 Å². The molecule has 6 heterocycles. The molecule has 84 heavy (non-hydrogen) atoms. The summed E-state index contributed by atoms with van der Waals surface area (Å²) in [7, 11) is 0. The molecule has 4 aliphatic heterocycles. The minimum atomic E-state index is -2.61. The highest BCUT2D eigenvalue weighted by Crippen LogP contribution is 2.59. The summed E-state index contributed by atoms with van der Waals surface area (Å²) >= 11 is 15.4. The van der Waals surface area contributed by atoms with E-state index < -0.39 is 46.9 Å². The van der Waals surface area contributed by atoms with Crippen LogP contribution in [0, 0.1) is 11.8 Å². The van der Waals surface area contributed by atoms with Crippen molar-refractivity contribution in [3.05, 3.63) is 201 Å². The minimum absolute atomic E-state index is 0.0583. The van der Waals surface area contributed by atoms with Crippen molar-refractivity contribution >= 4 is 146 Å². The third kappa shape index (κ3) is 10.4. The lowest BCUT2D eigenvalue weighted by Gasteiger charge is -2.42. The molecule has 6 aromatic rings. The predicted molar refractivity (Wildman–Crippen MR) is 329 cm³/mol. The van der Waals surface area contributed by atoms with E-state index >= 15 is 19.2 Å². The summed E-state index contributed by atoms with van der Waals surface area (Å²) in [6.45, 7) is 3.32. The number of nitrogens with zero attached hydrogens (tertiary/aromatic N) is 4. The maximum absolute atomic E-state index is 15.4. The molecule has 22 heteroatoms. The van der Waals surface area contributed by atoms with Gasteiger partial charge in [0.1, 0.15) is 56.6 Å². The Bertz CT molecular complexity index is 3560. The Labute approximate surface area is 508 Å². The van der Waals surface area contributed by atoms with Crippen LogP contribution in [0.2, 0.25) is 0 Å². The van der Waals surface area contributed by atoms with Gasteiger partial charge in [-0.2, -0.15) is 0 Å². The van der Waals surface area contributed by atoms with Crippen molar-refractivity contribution in [1.82, 2.24) is 9.80 Å². The Morgan fingerprint density at radius 1 is 0.500 bits per heavy atom. The number of rotatable bonds is 16. The standard InChI is InChI=1S/C62H46N4O12S6/c1-3-65-53(67)51(83-59(65)79)63-47-29-45-49(81-47)41-25-39-28-44-42(26-40(39)27-43(41)61(77-45,55(69)73-31-35-17-9-5-10-18-35)56(70)74-32-36-19-11-6-12-20-36)50-46(30-48(82-50)64-52-54(68)66(4-2)60(80)84-52)78-62(44,57(71)75-33-37-21-13-7-14-22-37)58(72)76-34-38-23-15-8-16-24-38/h5-30,39-40H,3-4,31-34H2,1-2H3/b63-51-,64-52-. The van der Waals surface area contributed by atoms with Crippen molar-refractivity contribution in [2.75, 3.05) is 13.1 Å². The second-order valence-corrected chi connectivity index (χ2v) is 24.8. The maximum atomic E-state index is 15.4. The number of carbonyl (C=O) groups is 6. The lowest BCUT2D eigenvalue weighted by molar-refractivity contribution is -0.179. The molecule has 2 atom stereocenters. The summed E-state index contributed by atoms with van der Waals surface area (Å²) in [5.41, 5.74) is -1.83. The topological polar surface area (TPSA) is 189 Å². The number of thiocarbonyl (C=S) groups is 2. The summed E-state index contributed by atoms with van der Waals surface area (Å²) in [5, 5.41) is 0.827. The first-order valence-electron chi connectivity index (χ1n) is 26.4. The third-order valence-corrected chi connectivity index (χ3v) is 19.1. The summed E-state index contributed by atoms with van der Waals surface area (Å²) in [4.78, 5) is 102. The van der Waals surface area contributed by atoms with Crippen molar-refractivity contribution in [2.24, 2.45) is 21.8 Å². The lowest BCUT2D eigenvalue weighted by Crippen LogP contribution is -2.58. The highest BCUT2D eigenvalue weighted by Gasteiger charge is 2.63. The molecule has 2 fully saturated rings. The Balaban J connectivity index is 1.04. The molecule has 0 saturated carbocycles. The van der Waals surface area contributed by atoms with Crippen molar-refractivity contribution < 1.29 is 57.2 Å². The van der Waals surface area contributed by atoms with Crippen molar-refractivity contribution in [1.29, 1.82) is 0 Å². The highest BCUT2D eigenvalue weighted by atomic mass is 32.2. The summed E-state index contributed by atoms with van der Waals surface area (Å²) < 4.78 is 38.7. The Morgan fingerprint density at radius 3 is 1.10 bits per heavy atom. The molecule has 2 aromatic heterocycles. The molecular weight excluding hydrogens is 1190 g/mol. The van der Waals surface area contributed by atoms with Gasteiger partial charge in [0, 0.05) is 59.4 Å². The van der Waals surface area contributed by atoms with Crippen LogP contribution in [0.1, 0.15) is 45.9 Å². The zero-order valence-electron chi connectivity index (χ0n) is 44.5. The van der Waals surface area contributed by atoms with Crippen LogP contribution in [0.3, 0.4) is 0 Å². The number of aliphatic imine (C=N–C) groups is 2. The van der Waals surface area contributed by atoms with Crippen LogP contribution in [0.25, 0.3) is 11.1 Å². The molecule has 2 amide bonds. The number of fused-ring (bicyclic) bond motifs is 7. The van der Waals surface area contributed by atoms with E-state index in [0.29, 0.717) is 74.9 Å². The van der Waals surface area contributed by atoms with Gasteiger partial charge in [0.25, 0.3) is 11.8 Å². The fourth-order valence-corrected chi connectivity index (χ4v) is 14.9. The van der Waals surface area contributed by atoms with Crippen LogP contribution in [-0.2, 0) is 74.1 Å². The summed E-state index contributed by atoms with van der Waals surface area (Å²) in [6, 6.07) is 38.9. The van der Waals surface area contributed by atoms with Gasteiger partial charge in [-0.05, 0) is 59.6 Å². The first-order valence-corrected chi connectivity index (χ1v) is 30.5. The van der Waals surface area contributed by atoms with Gasteiger partial charge in [-0.1, -0.05) is 170 Å². The van der Waals surface area contributed by atoms with E-state index in [-0.39, 0.29) is 71.0 Å². The van der Waals surface area contributed by atoms with Gasteiger partial charge in [-0.25, -0.2) is 29.2 Å². The van der Waals surface area contributed by atoms with E-state index in [9.17, 15) is 9.59 Å². The van der Waals surface area contributed by atoms with Crippen LogP contribution in [-0.4, -0.2) is 88.5 Å².